The molecule has 1 aliphatic heterocycles. The van der Waals surface area contributed by atoms with Crippen molar-refractivity contribution in [3.8, 4) is 0 Å². The normalized spacial score (nSPS) is 24.1. The van der Waals surface area contributed by atoms with Gasteiger partial charge in [-0.25, -0.2) is 0 Å². The molecule has 2 nitrogen and oxygen atoms in total. The Morgan fingerprint density at radius 1 is 1.35 bits per heavy atom. The summed E-state index contributed by atoms with van der Waals surface area (Å²) in [5, 5.41) is 0. The number of hydrogen-bond acceptors (Lipinski definition) is 2. The molecule has 1 heterocycles. The summed E-state index contributed by atoms with van der Waals surface area (Å²) in [5.74, 6) is 2.33. The van der Waals surface area contributed by atoms with Crippen molar-refractivity contribution in [1.29, 1.82) is 0 Å². The van der Waals surface area contributed by atoms with Gasteiger partial charge in [0.15, 0.2) is 0 Å². The molecular formula is C17H24O2S. The summed E-state index contributed by atoms with van der Waals surface area (Å²) < 4.78 is 17.3. The monoisotopic (exact) mass is 292 g/mol. The molecule has 1 aliphatic rings. The Hall–Kier alpha value is -1.09. The SMILES string of the molecule is C/C(=C/OCCC1CCCCS(=O)C1)c1ccccc1. The molecule has 2 rings (SSSR count). The van der Waals surface area contributed by atoms with Gasteiger partial charge in [-0.15, -0.1) is 0 Å². The lowest BCUT2D eigenvalue weighted by Gasteiger charge is -2.12. The second kappa shape index (κ2) is 8.25. The molecule has 3 heteroatoms. The summed E-state index contributed by atoms with van der Waals surface area (Å²) in [7, 11) is -0.603. The van der Waals surface area contributed by atoms with Crippen LogP contribution in [-0.2, 0) is 15.5 Å². The quantitative estimate of drug-likeness (QED) is 0.605. The topological polar surface area (TPSA) is 26.3 Å². The van der Waals surface area contributed by atoms with Crippen molar-refractivity contribution in [3.63, 3.8) is 0 Å². The van der Waals surface area contributed by atoms with Gasteiger partial charge in [0, 0.05) is 22.3 Å². The van der Waals surface area contributed by atoms with Gasteiger partial charge in [0.05, 0.1) is 12.9 Å². The average molecular weight is 292 g/mol. The maximum atomic E-state index is 11.7. The van der Waals surface area contributed by atoms with Crippen LogP contribution < -0.4 is 0 Å². The Labute approximate surface area is 124 Å². The summed E-state index contributed by atoms with van der Waals surface area (Å²) in [6.45, 7) is 2.79. The standard InChI is InChI=1S/C17H24O2S/c1-15(17-8-3-2-4-9-17)13-19-11-10-16-7-5-6-12-20(18)14-16/h2-4,8-9,13,16H,5-7,10-12,14H2,1H3/b15-13-. The average Bonchev–Trinajstić information content (AvgIpc) is 2.68. The third-order valence-electron chi connectivity index (χ3n) is 3.79. The molecule has 110 valence electrons. The Kier molecular flexibility index (Phi) is 6.31. The Morgan fingerprint density at radius 2 is 2.15 bits per heavy atom. The lowest BCUT2D eigenvalue weighted by atomic mass is 10.0. The van der Waals surface area contributed by atoms with E-state index in [9.17, 15) is 4.21 Å². The van der Waals surface area contributed by atoms with Gasteiger partial charge in [-0.3, -0.25) is 4.21 Å². The van der Waals surface area contributed by atoms with Crippen molar-refractivity contribution in [3.05, 3.63) is 42.2 Å². The molecule has 0 radical (unpaired) electrons. The highest BCUT2D eigenvalue weighted by molar-refractivity contribution is 7.84. The molecule has 0 amide bonds. The Morgan fingerprint density at radius 3 is 2.95 bits per heavy atom. The van der Waals surface area contributed by atoms with Gasteiger partial charge in [-0.2, -0.15) is 0 Å². The highest BCUT2D eigenvalue weighted by Crippen LogP contribution is 2.19. The van der Waals surface area contributed by atoms with Crippen LogP contribution in [0.15, 0.2) is 36.6 Å². The van der Waals surface area contributed by atoms with Gasteiger partial charge >= 0.3 is 0 Å². The second-order valence-electron chi connectivity index (χ2n) is 5.50. The highest BCUT2D eigenvalue weighted by Gasteiger charge is 2.16. The van der Waals surface area contributed by atoms with Crippen LogP contribution in [-0.4, -0.2) is 22.3 Å². The van der Waals surface area contributed by atoms with Crippen molar-refractivity contribution in [2.45, 2.75) is 32.6 Å². The first-order chi connectivity index (χ1) is 9.75. The van der Waals surface area contributed by atoms with E-state index >= 15 is 0 Å². The smallest absolute Gasteiger partial charge is 0.0876 e. The molecule has 0 aliphatic carbocycles. The minimum Gasteiger partial charge on any atom is -0.501 e. The van der Waals surface area contributed by atoms with E-state index < -0.39 is 10.8 Å². The van der Waals surface area contributed by atoms with E-state index in [2.05, 4.69) is 19.1 Å². The van der Waals surface area contributed by atoms with E-state index in [0.717, 1.165) is 36.5 Å². The van der Waals surface area contributed by atoms with E-state index in [4.69, 9.17) is 4.74 Å². The molecule has 1 saturated heterocycles. The maximum absolute atomic E-state index is 11.7. The van der Waals surface area contributed by atoms with Gasteiger partial charge in [0.25, 0.3) is 0 Å². The first kappa shape index (κ1) is 15.3. The van der Waals surface area contributed by atoms with E-state index in [1.807, 2.05) is 24.5 Å². The van der Waals surface area contributed by atoms with Crippen molar-refractivity contribution in [2.24, 2.45) is 5.92 Å². The van der Waals surface area contributed by atoms with Gasteiger partial charge in [0.2, 0.25) is 0 Å². The first-order valence-electron chi connectivity index (χ1n) is 7.44. The van der Waals surface area contributed by atoms with Gasteiger partial charge in [0.1, 0.15) is 0 Å². The minimum absolute atomic E-state index is 0.573. The van der Waals surface area contributed by atoms with Crippen LogP contribution in [0.2, 0.25) is 0 Å². The summed E-state index contributed by atoms with van der Waals surface area (Å²) in [6.07, 6.45) is 6.41. The molecular weight excluding hydrogens is 268 g/mol. The fourth-order valence-corrected chi connectivity index (χ4v) is 4.09. The van der Waals surface area contributed by atoms with E-state index in [1.54, 1.807) is 0 Å². The van der Waals surface area contributed by atoms with Crippen molar-refractivity contribution < 1.29 is 8.95 Å². The number of hydrogen-bond donors (Lipinski definition) is 0. The van der Waals surface area contributed by atoms with Gasteiger partial charge in [-0.1, -0.05) is 36.8 Å². The minimum atomic E-state index is -0.603. The molecule has 0 aromatic heterocycles. The Balaban J connectivity index is 1.74. The molecule has 2 unspecified atom stereocenters. The van der Waals surface area contributed by atoms with Gasteiger partial charge < -0.3 is 4.74 Å². The zero-order chi connectivity index (χ0) is 14.2. The molecule has 1 aromatic carbocycles. The van der Waals surface area contributed by atoms with Crippen LogP contribution in [0.5, 0.6) is 0 Å². The summed E-state index contributed by atoms with van der Waals surface area (Å²) in [5.41, 5.74) is 2.35. The maximum Gasteiger partial charge on any atom is 0.0876 e. The molecule has 0 bridgehead atoms. The van der Waals surface area contributed by atoms with Crippen LogP contribution in [0.4, 0.5) is 0 Å². The lowest BCUT2D eigenvalue weighted by Crippen LogP contribution is -2.12. The predicted molar refractivity (Wildman–Crippen MR) is 85.9 cm³/mol. The molecule has 0 saturated carbocycles. The summed E-state index contributed by atoms with van der Waals surface area (Å²) in [4.78, 5) is 0. The molecule has 1 fully saturated rings. The fourth-order valence-electron chi connectivity index (χ4n) is 2.54. The van der Waals surface area contributed by atoms with Crippen molar-refractivity contribution in [2.75, 3.05) is 18.1 Å². The first-order valence-corrected chi connectivity index (χ1v) is 8.93. The summed E-state index contributed by atoms with van der Waals surface area (Å²) in [6, 6.07) is 10.3. The van der Waals surface area contributed by atoms with Crippen molar-refractivity contribution >= 4 is 16.4 Å². The molecule has 20 heavy (non-hydrogen) atoms. The molecule has 2 atom stereocenters. The lowest BCUT2D eigenvalue weighted by molar-refractivity contribution is 0.224. The third-order valence-corrected chi connectivity index (χ3v) is 5.38. The van der Waals surface area contributed by atoms with Crippen LogP contribution in [0, 0.1) is 5.92 Å². The largest absolute Gasteiger partial charge is 0.501 e. The van der Waals surface area contributed by atoms with Crippen LogP contribution in [0.1, 0.15) is 38.2 Å². The van der Waals surface area contributed by atoms with Gasteiger partial charge in [-0.05, 0) is 43.2 Å². The zero-order valence-corrected chi connectivity index (χ0v) is 13.0. The number of benzene rings is 1. The number of ether oxygens (including phenoxy) is 1. The molecule has 1 aromatic rings. The number of allylic oxidation sites excluding steroid dienone is 1. The Bertz CT molecular complexity index is 453. The van der Waals surface area contributed by atoms with Crippen LogP contribution in [0.3, 0.4) is 0 Å². The van der Waals surface area contributed by atoms with Crippen LogP contribution >= 0.6 is 0 Å². The fraction of sp³-hybridized carbons (Fsp3) is 0.529. The van der Waals surface area contributed by atoms with Crippen molar-refractivity contribution in [1.82, 2.24) is 0 Å². The van der Waals surface area contributed by atoms with E-state index in [0.29, 0.717) is 5.92 Å². The highest BCUT2D eigenvalue weighted by atomic mass is 32.2. The van der Waals surface area contributed by atoms with E-state index in [1.165, 1.54) is 18.4 Å². The van der Waals surface area contributed by atoms with E-state index in [-0.39, 0.29) is 0 Å². The molecule has 0 N–H and O–H groups in total. The predicted octanol–water partition coefficient (Wildman–Crippen LogP) is 4.00. The third kappa shape index (κ3) is 5.12. The summed E-state index contributed by atoms with van der Waals surface area (Å²) >= 11 is 0. The zero-order valence-electron chi connectivity index (χ0n) is 12.2. The second-order valence-corrected chi connectivity index (χ2v) is 7.12. The number of rotatable bonds is 5. The molecule has 0 spiro atoms. The van der Waals surface area contributed by atoms with Crippen LogP contribution in [0.25, 0.3) is 5.57 Å².